The summed E-state index contributed by atoms with van der Waals surface area (Å²) in [4.78, 5) is 23.6. The number of anilines is 1. The molecule has 32 heavy (non-hydrogen) atoms. The number of methoxy groups -OCH3 is 1. The molecule has 1 fully saturated rings. The number of alkyl halides is 3. The van der Waals surface area contributed by atoms with Crippen LogP contribution in [0.4, 0.5) is 28.2 Å². The second-order valence-corrected chi connectivity index (χ2v) is 9.25. The number of benzene rings is 1. The Labute approximate surface area is 190 Å². The zero-order valence-corrected chi connectivity index (χ0v) is 19.8. The highest BCUT2D eigenvalue weighted by atomic mass is 79.9. The van der Waals surface area contributed by atoms with Gasteiger partial charge in [-0.1, -0.05) is 0 Å². The summed E-state index contributed by atoms with van der Waals surface area (Å²) in [5, 5.41) is -0.114. The van der Waals surface area contributed by atoms with Crippen LogP contribution in [0.3, 0.4) is 0 Å². The average molecular weight is 523 g/mol. The van der Waals surface area contributed by atoms with Crippen LogP contribution < -0.4 is 9.64 Å². The van der Waals surface area contributed by atoms with Crippen molar-refractivity contribution in [2.45, 2.75) is 45.0 Å². The van der Waals surface area contributed by atoms with Crippen LogP contribution in [0.15, 0.2) is 10.5 Å². The Bertz CT molecular complexity index is 1040. The third kappa shape index (κ3) is 4.84. The minimum absolute atomic E-state index is 0.0692. The van der Waals surface area contributed by atoms with E-state index in [1.165, 1.54) is 12.0 Å². The van der Waals surface area contributed by atoms with Crippen molar-refractivity contribution in [2.75, 3.05) is 32.1 Å². The van der Waals surface area contributed by atoms with Crippen molar-refractivity contribution < 1.29 is 31.8 Å². The number of likely N-dealkylation sites (tertiary alicyclic amines) is 1. The monoisotopic (exact) mass is 522 g/mol. The molecule has 1 aromatic carbocycles. The Morgan fingerprint density at radius 3 is 2.50 bits per heavy atom. The molecule has 7 nitrogen and oxygen atoms in total. The molecule has 12 heteroatoms. The number of carbonyl (C=O) groups is 1. The van der Waals surface area contributed by atoms with E-state index in [0.717, 1.165) is 6.07 Å². The van der Waals surface area contributed by atoms with Crippen LogP contribution in [-0.2, 0) is 10.9 Å². The number of likely N-dealkylation sites (N-methyl/N-ethyl adjacent to an activating group) is 1. The standard InChI is InChI=1S/C20H23BrF4N4O3/c1-19(2,3)32-18(30)29-7-6-10(9-29)28(4)16-11-8-12(20(23,24)25)13(21)14(22)15(11)26-17(27-16)31-5/h8,10H,6-7,9H2,1-5H3. The largest absolute Gasteiger partial charge is 0.467 e. The Morgan fingerprint density at radius 2 is 1.94 bits per heavy atom. The highest BCUT2D eigenvalue weighted by Gasteiger charge is 2.37. The van der Waals surface area contributed by atoms with Gasteiger partial charge in [0.15, 0.2) is 5.82 Å². The number of nitrogens with zero attached hydrogens (tertiary/aromatic N) is 4. The fourth-order valence-electron chi connectivity index (χ4n) is 3.46. The number of amides is 1. The Kier molecular flexibility index (Phi) is 6.47. The number of hydrogen-bond donors (Lipinski definition) is 0. The smallest absolute Gasteiger partial charge is 0.417 e. The van der Waals surface area contributed by atoms with Crippen LogP contribution >= 0.6 is 15.9 Å². The van der Waals surface area contributed by atoms with E-state index in [0.29, 0.717) is 13.0 Å². The summed E-state index contributed by atoms with van der Waals surface area (Å²) in [6.07, 6.45) is -4.74. The molecular weight excluding hydrogens is 500 g/mol. The summed E-state index contributed by atoms with van der Waals surface area (Å²) >= 11 is 2.69. The molecule has 0 bridgehead atoms. The second-order valence-electron chi connectivity index (χ2n) is 8.46. The fourth-order valence-corrected chi connectivity index (χ4v) is 3.98. The van der Waals surface area contributed by atoms with Gasteiger partial charge in [-0.05, 0) is 49.2 Å². The molecule has 1 amide bonds. The van der Waals surface area contributed by atoms with E-state index in [-0.39, 0.29) is 35.3 Å². The Balaban J connectivity index is 2.02. The summed E-state index contributed by atoms with van der Waals surface area (Å²) in [5.41, 5.74) is -2.13. The van der Waals surface area contributed by atoms with Gasteiger partial charge in [-0.15, -0.1) is 0 Å². The molecule has 2 aromatic rings. The molecule has 0 radical (unpaired) electrons. The van der Waals surface area contributed by atoms with Gasteiger partial charge in [-0.3, -0.25) is 0 Å². The van der Waals surface area contributed by atoms with Gasteiger partial charge in [0.05, 0.1) is 17.1 Å². The molecule has 1 aliphatic rings. The molecule has 0 spiro atoms. The zero-order chi connectivity index (χ0) is 24.0. The summed E-state index contributed by atoms with van der Waals surface area (Å²) in [6, 6.07) is 0.340. The number of halogens is 5. The highest BCUT2D eigenvalue weighted by Crippen LogP contribution is 2.41. The van der Waals surface area contributed by atoms with Crippen molar-refractivity contribution in [1.82, 2.24) is 14.9 Å². The van der Waals surface area contributed by atoms with Crippen molar-refractivity contribution in [3.63, 3.8) is 0 Å². The van der Waals surface area contributed by atoms with Crippen LogP contribution in [0.1, 0.15) is 32.8 Å². The van der Waals surface area contributed by atoms with E-state index >= 15 is 0 Å². The lowest BCUT2D eigenvalue weighted by atomic mass is 10.1. The van der Waals surface area contributed by atoms with Crippen LogP contribution in [0.5, 0.6) is 6.01 Å². The molecule has 0 N–H and O–H groups in total. The first-order valence-corrected chi connectivity index (χ1v) is 10.5. The molecule has 0 saturated carbocycles. The normalized spacial score (nSPS) is 17.1. The molecule has 1 saturated heterocycles. The number of carbonyl (C=O) groups excluding carboxylic acids is 1. The van der Waals surface area contributed by atoms with Crippen molar-refractivity contribution in [2.24, 2.45) is 0 Å². The lowest BCUT2D eigenvalue weighted by Gasteiger charge is -2.28. The van der Waals surface area contributed by atoms with Crippen molar-refractivity contribution in [3.05, 3.63) is 21.9 Å². The van der Waals surface area contributed by atoms with E-state index in [9.17, 15) is 22.4 Å². The van der Waals surface area contributed by atoms with Gasteiger partial charge in [-0.25, -0.2) is 9.18 Å². The Hall–Kier alpha value is -2.37. The first-order chi connectivity index (χ1) is 14.7. The lowest BCUT2D eigenvalue weighted by Crippen LogP contribution is -2.39. The van der Waals surface area contributed by atoms with Crippen molar-refractivity contribution in [1.29, 1.82) is 0 Å². The minimum Gasteiger partial charge on any atom is -0.467 e. The Morgan fingerprint density at radius 1 is 1.28 bits per heavy atom. The van der Waals surface area contributed by atoms with Gasteiger partial charge in [0.25, 0.3) is 0 Å². The average Bonchev–Trinajstić information content (AvgIpc) is 3.17. The van der Waals surface area contributed by atoms with Crippen LogP contribution in [0.2, 0.25) is 0 Å². The zero-order valence-electron chi connectivity index (χ0n) is 18.2. The number of hydrogen-bond acceptors (Lipinski definition) is 6. The number of rotatable bonds is 3. The van der Waals surface area contributed by atoms with Gasteiger partial charge in [0.2, 0.25) is 0 Å². The summed E-state index contributed by atoms with van der Waals surface area (Å²) in [6.45, 7) is 5.94. The number of fused-ring (bicyclic) bond motifs is 1. The van der Waals surface area contributed by atoms with Gasteiger partial charge >= 0.3 is 18.3 Å². The van der Waals surface area contributed by atoms with E-state index in [1.54, 1.807) is 32.7 Å². The van der Waals surface area contributed by atoms with E-state index in [2.05, 4.69) is 25.9 Å². The van der Waals surface area contributed by atoms with Crippen LogP contribution in [-0.4, -0.2) is 59.9 Å². The third-order valence-corrected chi connectivity index (χ3v) is 5.79. The van der Waals surface area contributed by atoms with Crippen molar-refractivity contribution >= 4 is 38.7 Å². The van der Waals surface area contributed by atoms with Gasteiger partial charge in [0.1, 0.15) is 16.9 Å². The molecule has 1 aliphatic heterocycles. The van der Waals surface area contributed by atoms with Gasteiger partial charge in [0, 0.05) is 31.6 Å². The first kappa shape index (κ1) is 24.3. The van der Waals surface area contributed by atoms with E-state index in [4.69, 9.17) is 9.47 Å². The lowest BCUT2D eigenvalue weighted by molar-refractivity contribution is -0.138. The highest BCUT2D eigenvalue weighted by molar-refractivity contribution is 9.10. The van der Waals surface area contributed by atoms with Crippen molar-refractivity contribution in [3.8, 4) is 6.01 Å². The molecule has 0 aliphatic carbocycles. The molecule has 1 unspecified atom stereocenters. The maximum absolute atomic E-state index is 14.9. The molecule has 3 rings (SSSR count). The molecule has 1 aromatic heterocycles. The first-order valence-electron chi connectivity index (χ1n) is 9.74. The van der Waals surface area contributed by atoms with Gasteiger partial charge < -0.3 is 19.3 Å². The SMILES string of the molecule is COc1nc(N(C)C2CCN(C(=O)OC(C)(C)C)C2)c2cc(C(F)(F)F)c(Br)c(F)c2n1. The second kappa shape index (κ2) is 8.53. The van der Waals surface area contributed by atoms with Crippen LogP contribution in [0, 0.1) is 5.82 Å². The van der Waals surface area contributed by atoms with E-state index in [1.807, 2.05) is 0 Å². The van der Waals surface area contributed by atoms with Crippen LogP contribution in [0.25, 0.3) is 10.9 Å². The van der Waals surface area contributed by atoms with Gasteiger partial charge in [-0.2, -0.15) is 23.1 Å². The predicted molar refractivity (Wildman–Crippen MR) is 113 cm³/mol. The third-order valence-electron chi connectivity index (χ3n) is 5.02. The maximum atomic E-state index is 14.9. The predicted octanol–water partition coefficient (Wildman–Crippen LogP) is 5.00. The molecule has 176 valence electrons. The minimum atomic E-state index is -4.79. The summed E-state index contributed by atoms with van der Waals surface area (Å²) < 4.78 is 65.0. The summed E-state index contributed by atoms with van der Waals surface area (Å²) in [5.74, 6) is -1.09. The molecular formula is C20H23BrF4N4O3. The topological polar surface area (TPSA) is 67.8 Å². The fraction of sp³-hybridized carbons (Fsp3) is 0.550. The summed E-state index contributed by atoms with van der Waals surface area (Å²) in [7, 11) is 2.90. The van der Waals surface area contributed by atoms with E-state index < -0.39 is 33.7 Å². The molecule has 1 atom stereocenters. The maximum Gasteiger partial charge on any atom is 0.417 e. The number of ether oxygens (including phenoxy) is 2. The molecule has 2 heterocycles. The number of aromatic nitrogens is 2. The quantitative estimate of drug-likeness (QED) is 0.528.